The molecule has 0 saturated carbocycles. The van der Waals surface area contributed by atoms with Crippen molar-refractivity contribution in [3.05, 3.63) is 33.4 Å². The van der Waals surface area contributed by atoms with Crippen LogP contribution in [0.2, 0.25) is 0 Å². The lowest BCUT2D eigenvalue weighted by atomic mass is 9.98. The van der Waals surface area contributed by atoms with Gasteiger partial charge in [0.25, 0.3) is 0 Å². The van der Waals surface area contributed by atoms with Crippen molar-refractivity contribution in [2.75, 3.05) is 0 Å². The average Bonchev–Trinajstić information content (AvgIpc) is 2.15. The van der Waals surface area contributed by atoms with E-state index in [9.17, 15) is 0 Å². The predicted molar refractivity (Wildman–Crippen MR) is 77.4 cm³/mol. The normalized spacial score (nSPS) is 12.3. The molecular formula is C12H19ClIN. The molecule has 1 atom stereocenters. The number of rotatable bonds is 4. The molecule has 0 heterocycles. The Bertz CT molecular complexity index is 271. The Morgan fingerprint density at radius 2 is 1.67 bits per heavy atom. The molecule has 0 aromatic heterocycles. The summed E-state index contributed by atoms with van der Waals surface area (Å²) >= 11 is 2.31. The van der Waals surface area contributed by atoms with Gasteiger partial charge in [0.15, 0.2) is 0 Å². The molecule has 0 aliphatic heterocycles. The highest BCUT2D eigenvalue weighted by atomic mass is 127. The van der Waals surface area contributed by atoms with Gasteiger partial charge in [-0.1, -0.05) is 26.0 Å². The summed E-state index contributed by atoms with van der Waals surface area (Å²) in [6.45, 7) is 4.47. The fraction of sp³-hybridized carbons (Fsp3) is 0.500. The Balaban J connectivity index is 0.00000196. The maximum absolute atomic E-state index is 6.09. The van der Waals surface area contributed by atoms with E-state index in [0.717, 1.165) is 12.3 Å². The molecule has 15 heavy (non-hydrogen) atoms. The zero-order chi connectivity index (χ0) is 10.6. The van der Waals surface area contributed by atoms with Gasteiger partial charge < -0.3 is 5.73 Å². The first-order chi connectivity index (χ1) is 6.59. The lowest BCUT2D eigenvalue weighted by Crippen LogP contribution is -2.11. The second kappa shape index (κ2) is 7.47. The summed E-state index contributed by atoms with van der Waals surface area (Å²) in [7, 11) is 0. The van der Waals surface area contributed by atoms with E-state index >= 15 is 0 Å². The van der Waals surface area contributed by atoms with Crippen molar-refractivity contribution in [2.45, 2.75) is 32.7 Å². The Morgan fingerprint density at radius 1 is 1.13 bits per heavy atom. The first-order valence-electron chi connectivity index (χ1n) is 5.10. The summed E-state index contributed by atoms with van der Waals surface area (Å²) in [5.74, 6) is 0.741. The lowest BCUT2D eigenvalue weighted by Gasteiger charge is -2.13. The Kier molecular flexibility index (Phi) is 7.57. The van der Waals surface area contributed by atoms with E-state index < -0.39 is 0 Å². The molecule has 0 fully saturated rings. The van der Waals surface area contributed by atoms with E-state index in [1.165, 1.54) is 15.6 Å². The van der Waals surface area contributed by atoms with Crippen molar-refractivity contribution in [1.29, 1.82) is 0 Å². The zero-order valence-corrected chi connectivity index (χ0v) is 12.2. The highest BCUT2D eigenvalue weighted by Crippen LogP contribution is 2.19. The lowest BCUT2D eigenvalue weighted by molar-refractivity contribution is 0.507. The molecule has 0 aliphatic rings. The van der Waals surface area contributed by atoms with E-state index in [1.807, 2.05) is 0 Å². The number of nitrogens with two attached hydrogens (primary N) is 1. The topological polar surface area (TPSA) is 26.0 Å². The van der Waals surface area contributed by atoms with Crippen LogP contribution in [0, 0.1) is 9.49 Å². The van der Waals surface area contributed by atoms with Gasteiger partial charge in [-0.25, -0.2) is 0 Å². The third kappa shape index (κ3) is 5.73. The fourth-order valence-electron chi connectivity index (χ4n) is 1.39. The molecule has 0 unspecified atom stereocenters. The molecule has 0 bridgehead atoms. The molecule has 1 aromatic carbocycles. The van der Waals surface area contributed by atoms with Gasteiger partial charge in [-0.2, -0.15) is 0 Å². The van der Waals surface area contributed by atoms with Crippen LogP contribution in [0.4, 0.5) is 0 Å². The van der Waals surface area contributed by atoms with Gasteiger partial charge >= 0.3 is 0 Å². The molecule has 0 aliphatic carbocycles. The molecule has 0 spiro atoms. The van der Waals surface area contributed by atoms with Gasteiger partial charge in [-0.15, -0.1) is 12.4 Å². The molecule has 2 N–H and O–H groups in total. The van der Waals surface area contributed by atoms with E-state index in [0.29, 0.717) is 0 Å². The number of halogens is 2. The van der Waals surface area contributed by atoms with Crippen molar-refractivity contribution in [3.8, 4) is 0 Å². The third-order valence-corrected chi connectivity index (χ3v) is 3.07. The van der Waals surface area contributed by atoms with E-state index in [2.05, 4.69) is 60.7 Å². The maximum atomic E-state index is 6.09. The fourth-order valence-corrected chi connectivity index (χ4v) is 1.75. The summed E-state index contributed by atoms with van der Waals surface area (Å²) in [5, 5.41) is 0. The van der Waals surface area contributed by atoms with Gasteiger partial charge in [0.2, 0.25) is 0 Å². The van der Waals surface area contributed by atoms with E-state index in [4.69, 9.17) is 5.73 Å². The van der Waals surface area contributed by atoms with Crippen molar-refractivity contribution in [3.63, 3.8) is 0 Å². The molecule has 1 nitrogen and oxygen atoms in total. The Morgan fingerprint density at radius 3 is 2.13 bits per heavy atom. The minimum atomic E-state index is 0. The zero-order valence-electron chi connectivity index (χ0n) is 9.24. The van der Waals surface area contributed by atoms with Gasteiger partial charge in [0, 0.05) is 9.61 Å². The maximum Gasteiger partial charge on any atom is 0.0294 e. The first-order valence-corrected chi connectivity index (χ1v) is 6.18. The number of benzene rings is 1. The monoisotopic (exact) mass is 339 g/mol. The van der Waals surface area contributed by atoms with Crippen molar-refractivity contribution < 1.29 is 0 Å². The Hall–Kier alpha value is 0.200. The van der Waals surface area contributed by atoms with Crippen LogP contribution in [0.25, 0.3) is 0 Å². The molecule has 86 valence electrons. The molecule has 0 saturated heterocycles. The minimum Gasteiger partial charge on any atom is -0.324 e. The second-order valence-electron chi connectivity index (χ2n) is 4.13. The molecule has 1 rings (SSSR count). The molecule has 0 amide bonds. The highest BCUT2D eigenvalue weighted by molar-refractivity contribution is 14.1. The van der Waals surface area contributed by atoms with Crippen molar-refractivity contribution in [2.24, 2.45) is 11.7 Å². The van der Waals surface area contributed by atoms with Gasteiger partial charge in [-0.3, -0.25) is 0 Å². The van der Waals surface area contributed by atoms with E-state index in [-0.39, 0.29) is 18.4 Å². The summed E-state index contributed by atoms with van der Waals surface area (Å²) in [5.41, 5.74) is 7.35. The van der Waals surface area contributed by atoms with Gasteiger partial charge in [0.05, 0.1) is 0 Å². The van der Waals surface area contributed by atoms with Crippen LogP contribution in [-0.2, 0) is 0 Å². The SMILES string of the molecule is CC(C)CC[C@@H](N)c1ccc(I)cc1.Cl. The van der Waals surface area contributed by atoms with Crippen molar-refractivity contribution >= 4 is 35.0 Å². The predicted octanol–water partition coefficient (Wildman–Crippen LogP) is 4.15. The van der Waals surface area contributed by atoms with Crippen LogP contribution in [0.15, 0.2) is 24.3 Å². The minimum absolute atomic E-state index is 0. The third-order valence-electron chi connectivity index (χ3n) is 2.35. The second-order valence-corrected chi connectivity index (χ2v) is 5.37. The van der Waals surface area contributed by atoms with Crippen LogP contribution >= 0.6 is 35.0 Å². The average molecular weight is 340 g/mol. The highest BCUT2D eigenvalue weighted by Gasteiger charge is 2.06. The first kappa shape index (κ1) is 15.2. The summed E-state index contributed by atoms with van der Waals surface area (Å²) in [6.07, 6.45) is 2.28. The van der Waals surface area contributed by atoms with Gasteiger partial charge in [-0.05, 0) is 59.0 Å². The molecule has 0 radical (unpaired) electrons. The Labute approximate surface area is 112 Å². The summed E-state index contributed by atoms with van der Waals surface area (Å²) < 4.78 is 1.27. The smallest absolute Gasteiger partial charge is 0.0294 e. The van der Waals surface area contributed by atoms with Crippen LogP contribution < -0.4 is 5.73 Å². The van der Waals surface area contributed by atoms with Crippen LogP contribution in [-0.4, -0.2) is 0 Å². The standard InChI is InChI=1S/C12H18IN.ClH/c1-9(2)3-8-12(14)10-4-6-11(13)7-5-10;/h4-7,9,12H,3,8,14H2,1-2H3;1H/t12-;/m1./s1. The van der Waals surface area contributed by atoms with Crippen LogP contribution in [0.5, 0.6) is 0 Å². The quantitative estimate of drug-likeness (QED) is 0.819. The van der Waals surface area contributed by atoms with Crippen molar-refractivity contribution in [1.82, 2.24) is 0 Å². The molecular weight excluding hydrogens is 320 g/mol. The number of hydrogen-bond donors (Lipinski definition) is 1. The summed E-state index contributed by atoms with van der Waals surface area (Å²) in [6, 6.07) is 8.70. The van der Waals surface area contributed by atoms with E-state index in [1.54, 1.807) is 0 Å². The van der Waals surface area contributed by atoms with Crippen LogP contribution in [0.3, 0.4) is 0 Å². The van der Waals surface area contributed by atoms with Gasteiger partial charge in [0.1, 0.15) is 0 Å². The molecule has 3 heteroatoms. The summed E-state index contributed by atoms with van der Waals surface area (Å²) in [4.78, 5) is 0. The molecule has 1 aromatic rings. The largest absolute Gasteiger partial charge is 0.324 e. The number of hydrogen-bond acceptors (Lipinski definition) is 1. The van der Waals surface area contributed by atoms with Crippen LogP contribution in [0.1, 0.15) is 38.3 Å².